The molecule has 0 aliphatic rings. The molecule has 2 rings (SSSR count). The Hall–Kier alpha value is -2.69. The van der Waals surface area contributed by atoms with Crippen LogP contribution in [0.5, 0.6) is 17.2 Å². The van der Waals surface area contributed by atoms with E-state index in [1.165, 1.54) is 0 Å². The summed E-state index contributed by atoms with van der Waals surface area (Å²) < 4.78 is 16.3. The third-order valence-electron chi connectivity index (χ3n) is 3.63. The summed E-state index contributed by atoms with van der Waals surface area (Å²) in [6.45, 7) is 3.91. The number of ether oxygens (including phenoxy) is 3. The summed E-state index contributed by atoms with van der Waals surface area (Å²) in [5, 5.41) is 2.85. The van der Waals surface area contributed by atoms with Crippen molar-refractivity contribution in [3.05, 3.63) is 48.0 Å². The number of nitrogens with one attached hydrogen (secondary N) is 1. The van der Waals surface area contributed by atoms with Gasteiger partial charge in [-0.15, -0.1) is 0 Å². The van der Waals surface area contributed by atoms with Crippen LogP contribution in [0.15, 0.2) is 42.5 Å². The number of benzene rings is 2. The second-order valence-corrected chi connectivity index (χ2v) is 5.38. The van der Waals surface area contributed by atoms with Gasteiger partial charge in [-0.2, -0.15) is 0 Å². The highest BCUT2D eigenvalue weighted by atomic mass is 16.5. The van der Waals surface area contributed by atoms with Crippen molar-refractivity contribution in [2.24, 2.45) is 0 Å². The first-order valence-corrected chi connectivity index (χ1v) is 7.83. The first-order chi connectivity index (χ1) is 11.6. The van der Waals surface area contributed by atoms with Gasteiger partial charge in [0.25, 0.3) is 5.91 Å². The molecule has 128 valence electrons. The van der Waals surface area contributed by atoms with E-state index in [1.807, 2.05) is 38.1 Å². The van der Waals surface area contributed by atoms with Crippen LogP contribution in [0.3, 0.4) is 0 Å². The van der Waals surface area contributed by atoms with Crippen molar-refractivity contribution < 1.29 is 19.0 Å². The van der Waals surface area contributed by atoms with Gasteiger partial charge in [-0.3, -0.25) is 4.79 Å². The van der Waals surface area contributed by atoms with Crippen molar-refractivity contribution in [1.29, 1.82) is 0 Å². The number of aryl methyl sites for hydroxylation is 1. The lowest BCUT2D eigenvalue weighted by molar-refractivity contribution is -0.122. The molecule has 1 N–H and O–H groups in total. The fourth-order valence-corrected chi connectivity index (χ4v) is 2.23. The predicted molar refractivity (Wildman–Crippen MR) is 94.1 cm³/mol. The Morgan fingerprint density at radius 3 is 2.29 bits per heavy atom. The predicted octanol–water partition coefficient (Wildman–Crippen LogP) is 3.81. The monoisotopic (exact) mass is 329 g/mol. The highest BCUT2D eigenvalue weighted by Gasteiger charge is 2.20. The number of hydrogen-bond acceptors (Lipinski definition) is 4. The van der Waals surface area contributed by atoms with E-state index in [2.05, 4.69) is 5.32 Å². The number of carbonyl (C=O) groups is 1. The fraction of sp³-hybridized carbons (Fsp3) is 0.316. The largest absolute Gasteiger partial charge is 0.497 e. The Balaban J connectivity index is 2.12. The van der Waals surface area contributed by atoms with E-state index < -0.39 is 6.10 Å². The van der Waals surface area contributed by atoms with Crippen molar-refractivity contribution in [2.75, 3.05) is 19.5 Å². The van der Waals surface area contributed by atoms with E-state index in [1.54, 1.807) is 32.4 Å². The van der Waals surface area contributed by atoms with Gasteiger partial charge in [0.1, 0.15) is 17.2 Å². The average Bonchev–Trinajstić information content (AvgIpc) is 2.61. The van der Waals surface area contributed by atoms with Gasteiger partial charge >= 0.3 is 0 Å². The Kier molecular flexibility index (Phi) is 6.07. The van der Waals surface area contributed by atoms with Crippen LogP contribution in [0.1, 0.15) is 18.9 Å². The molecule has 0 saturated heterocycles. The van der Waals surface area contributed by atoms with E-state index in [0.717, 1.165) is 5.56 Å². The van der Waals surface area contributed by atoms with Gasteiger partial charge in [-0.25, -0.2) is 0 Å². The quantitative estimate of drug-likeness (QED) is 0.839. The van der Waals surface area contributed by atoms with E-state index in [9.17, 15) is 4.79 Å². The summed E-state index contributed by atoms with van der Waals surface area (Å²) in [6.07, 6.45) is -0.0463. The minimum atomic E-state index is -0.594. The summed E-state index contributed by atoms with van der Waals surface area (Å²) in [5.41, 5.74) is 1.69. The third kappa shape index (κ3) is 4.41. The second-order valence-electron chi connectivity index (χ2n) is 5.38. The molecule has 0 aromatic heterocycles. The van der Waals surface area contributed by atoms with Crippen LogP contribution in [-0.4, -0.2) is 26.2 Å². The lowest BCUT2D eigenvalue weighted by atomic mass is 10.2. The SMILES string of the molecule is CC[C@H](Oc1ccc(C)cc1)C(=O)Nc1cc(OC)ccc1OC. The maximum Gasteiger partial charge on any atom is 0.265 e. The minimum absolute atomic E-state index is 0.232. The summed E-state index contributed by atoms with van der Waals surface area (Å²) in [6, 6.07) is 12.9. The van der Waals surface area contributed by atoms with Gasteiger partial charge in [0, 0.05) is 6.07 Å². The third-order valence-corrected chi connectivity index (χ3v) is 3.63. The number of carbonyl (C=O) groups excluding carboxylic acids is 1. The molecule has 0 aliphatic carbocycles. The Morgan fingerprint density at radius 1 is 1.04 bits per heavy atom. The molecule has 0 fully saturated rings. The number of rotatable bonds is 7. The molecule has 1 amide bonds. The summed E-state index contributed by atoms with van der Waals surface area (Å²) in [7, 11) is 3.13. The molecule has 0 spiro atoms. The van der Waals surface area contributed by atoms with Crippen LogP contribution in [0.2, 0.25) is 0 Å². The van der Waals surface area contributed by atoms with Gasteiger partial charge in [-0.1, -0.05) is 24.6 Å². The number of amides is 1. The molecule has 0 saturated carbocycles. The highest BCUT2D eigenvalue weighted by Crippen LogP contribution is 2.29. The first kappa shape index (κ1) is 17.7. The number of hydrogen-bond donors (Lipinski definition) is 1. The minimum Gasteiger partial charge on any atom is -0.497 e. The zero-order chi connectivity index (χ0) is 17.5. The zero-order valence-electron chi connectivity index (χ0n) is 14.5. The molecular formula is C19H23NO4. The summed E-state index contributed by atoms with van der Waals surface area (Å²) in [5.74, 6) is 1.64. The second kappa shape index (κ2) is 8.24. The molecule has 0 unspecified atom stereocenters. The maximum absolute atomic E-state index is 12.6. The van der Waals surface area contributed by atoms with E-state index in [-0.39, 0.29) is 5.91 Å². The molecule has 24 heavy (non-hydrogen) atoms. The van der Waals surface area contributed by atoms with Crippen LogP contribution in [0, 0.1) is 6.92 Å². The first-order valence-electron chi connectivity index (χ1n) is 7.83. The van der Waals surface area contributed by atoms with E-state index >= 15 is 0 Å². The van der Waals surface area contributed by atoms with Crippen molar-refractivity contribution in [3.63, 3.8) is 0 Å². The van der Waals surface area contributed by atoms with Gasteiger partial charge in [0.15, 0.2) is 6.10 Å². The molecular weight excluding hydrogens is 306 g/mol. The smallest absolute Gasteiger partial charge is 0.265 e. The molecule has 5 heteroatoms. The molecule has 2 aromatic rings. The Labute approximate surface area is 142 Å². The van der Waals surface area contributed by atoms with Crippen molar-refractivity contribution >= 4 is 11.6 Å². The molecule has 0 radical (unpaired) electrons. The highest BCUT2D eigenvalue weighted by molar-refractivity contribution is 5.95. The van der Waals surface area contributed by atoms with Crippen molar-refractivity contribution in [3.8, 4) is 17.2 Å². The zero-order valence-corrected chi connectivity index (χ0v) is 14.5. The molecule has 5 nitrogen and oxygen atoms in total. The lowest BCUT2D eigenvalue weighted by Gasteiger charge is -2.18. The van der Waals surface area contributed by atoms with Crippen LogP contribution in [0.25, 0.3) is 0 Å². The number of anilines is 1. The van der Waals surface area contributed by atoms with Crippen LogP contribution < -0.4 is 19.5 Å². The van der Waals surface area contributed by atoms with Gasteiger partial charge < -0.3 is 19.5 Å². The molecule has 1 atom stereocenters. The lowest BCUT2D eigenvalue weighted by Crippen LogP contribution is -2.32. The van der Waals surface area contributed by atoms with Crippen molar-refractivity contribution in [1.82, 2.24) is 0 Å². The Bertz CT molecular complexity index is 682. The standard InChI is InChI=1S/C19H23NO4/c1-5-17(24-14-8-6-13(2)7-9-14)19(21)20-16-12-15(22-3)10-11-18(16)23-4/h6-12,17H,5H2,1-4H3,(H,20,21)/t17-/m0/s1. The molecule has 0 aliphatic heterocycles. The van der Waals surface area contributed by atoms with Crippen LogP contribution in [0.4, 0.5) is 5.69 Å². The molecule has 0 bridgehead atoms. The Morgan fingerprint density at radius 2 is 1.71 bits per heavy atom. The maximum atomic E-state index is 12.6. The fourth-order valence-electron chi connectivity index (χ4n) is 2.23. The average molecular weight is 329 g/mol. The molecule has 0 heterocycles. The van der Waals surface area contributed by atoms with Gasteiger partial charge in [-0.05, 0) is 37.6 Å². The van der Waals surface area contributed by atoms with E-state index in [0.29, 0.717) is 29.4 Å². The van der Waals surface area contributed by atoms with Crippen LogP contribution in [-0.2, 0) is 4.79 Å². The van der Waals surface area contributed by atoms with Gasteiger partial charge in [0.05, 0.1) is 19.9 Å². The molecule has 2 aromatic carbocycles. The number of methoxy groups -OCH3 is 2. The normalized spacial score (nSPS) is 11.5. The summed E-state index contributed by atoms with van der Waals surface area (Å²) in [4.78, 5) is 12.6. The van der Waals surface area contributed by atoms with Crippen LogP contribution >= 0.6 is 0 Å². The van der Waals surface area contributed by atoms with Gasteiger partial charge in [0.2, 0.25) is 0 Å². The van der Waals surface area contributed by atoms with Crippen molar-refractivity contribution in [2.45, 2.75) is 26.4 Å². The topological polar surface area (TPSA) is 56.8 Å². The summed E-state index contributed by atoms with van der Waals surface area (Å²) >= 11 is 0. The van der Waals surface area contributed by atoms with E-state index in [4.69, 9.17) is 14.2 Å².